The number of ether oxygens (including phenoxy) is 1. The largest absolute Gasteiger partial charge is 0.479 e. The zero-order chi connectivity index (χ0) is 22.5. The molecule has 0 aromatic carbocycles. The van der Waals surface area contributed by atoms with Crippen molar-refractivity contribution >= 4 is 22.9 Å². The van der Waals surface area contributed by atoms with Crippen LogP contribution in [0.25, 0.3) is 22.2 Å². The number of hydrogen-bond acceptors (Lipinski definition) is 7. The normalized spacial score (nSPS) is 21.2. The number of carbonyl (C=O) groups excluding carboxylic acids is 1. The van der Waals surface area contributed by atoms with Crippen molar-refractivity contribution in [3.63, 3.8) is 0 Å². The SMILES string of the molecule is COc1nc(NC2CCC(C)(O)CC2)nn2ccc(-c3ccn4ncc(C(N)=O)c4c3)c12. The number of nitrogens with zero attached hydrogens (tertiary/aromatic N) is 5. The molecule has 0 atom stereocenters. The number of nitrogens with one attached hydrogen (secondary N) is 1. The first-order valence-electron chi connectivity index (χ1n) is 10.5. The second-order valence-electron chi connectivity index (χ2n) is 8.55. The van der Waals surface area contributed by atoms with Crippen LogP contribution in [-0.2, 0) is 0 Å². The predicted octanol–water partition coefficient (Wildman–Crippen LogP) is 2.26. The Kier molecular flexibility index (Phi) is 4.74. The van der Waals surface area contributed by atoms with Crippen molar-refractivity contribution < 1.29 is 14.6 Å². The molecular formula is C22H25N7O3. The molecule has 10 nitrogen and oxygen atoms in total. The van der Waals surface area contributed by atoms with Gasteiger partial charge in [-0.25, -0.2) is 9.03 Å². The molecule has 166 valence electrons. The number of fused-ring (bicyclic) bond motifs is 2. The first-order valence-corrected chi connectivity index (χ1v) is 10.5. The van der Waals surface area contributed by atoms with Crippen LogP contribution in [0.15, 0.2) is 36.8 Å². The van der Waals surface area contributed by atoms with E-state index in [1.807, 2.05) is 31.3 Å². The maximum Gasteiger partial charge on any atom is 0.252 e. The van der Waals surface area contributed by atoms with E-state index in [0.29, 0.717) is 28.4 Å². The number of anilines is 1. The lowest BCUT2D eigenvalue weighted by Crippen LogP contribution is -2.36. The summed E-state index contributed by atoms with van der Waals surface area (Å²) in [6.07, 6.45) is 8.27. The molecule has 4 heterocycles. The topological polar surface area (TPSA) is 132 Å². The van der Waals surface area contributed by atoms with Crippen molar-refractivity contribution in [1.82, 2.24) is 24.2 Å². The third-order valence-electron chi connectivity index (χ3n) is 6.17. The highest BCUT2D eigenvalue weighted by Crippen LogP contribution is 2.33. The number of amides is 1. The van der Waals surface area contributed by atoms with Gasteiger partial charge in [-0.1, -0.05) is 0 Å². The molecule has 0 bridgehead atoms. The first-order chi connectivity index (χ1) is 15.3. The average molecular weight is 435 g/mol. The van der Waals surface area contributed by atoms with E-state index in [1.54, 1.807) is 22.3 Å². The lowest BCUT2D eigenvalue weighted by Gasteiger charge is -2.33. The van der Waals surface area contributed by atoms with Crippen LogP contribution in [0.3, 0.4) is 0 Å². The van der Waals surface area contributed by atoms with E-state index >= 15 is 0 Å². The number of nitrogens with two attached hydrogens (primary N) is 1. The maximum absolute atomic E-state index is 11.7. The highest BCUT2D eigenvalue weighted by molar-refractivity contribution is 6.00. The Bertz CT molecular complexity index is 1310. The average Bonchev–Trinajstić information content (AvgIpc) is 3.38. The molecule has 0 saturated heterocycles. The third-order valence-corrected chi connectivity index (χ3v) is 6.17. The van der Waals surface area contributed by atoms with E-state index in [4.69, 9.17) is 10.5 Å². The molecule has 0 spiro atoms. The summed E-state index contributed by atoms with van der Waals surface area (Å²) in [6.45, 7) is 1.88. The molecule has 0 aliphatic heterocycles. The van der Waals surface area contributed by atoms with Crippen molar-refractivity contribution in [3.8, 4) is 17.0 Å². The summed E-state index contributed by atoms with van der Waals surface area (Å²) >= 11 is 0. The summed E-state index contributed by atoms with van der Waals surface area (Å²) in [5.74, 6) is 0.388. The van der Waals surface area contributed by atoms with Crippen molar-refractivity contribution in [2.45, 2.75) is 44.2 Å². The highest BCUT2D eigenvalue weighted by atomic mass is 16.5. The van der Waals surface area contributed by atoms with Gasteiger partial charge in [-0.3, -0.25) is 4.79 Å². The second-order valence-corrected chi connectivity index (χ2v) is 8.55. The van der Waals surface area contributed by atoms with Crippen molar-refractivity contribution in [2.24, 2.45) is 5.73 Å². The fourth-order valence-corrected chi connectivity index (χ4v) is 4.33. The summed E-state index contributed by atoms with van der Waals surface area (Å²) in [5, 5.41) is 22.3. The van der Waals surface area contributed by atoms with E-state index in [0.717, 1.165) is 36.8 Å². The molecule has 1 aliphatic rings. The van der Waals surface area contributed by atoms with Gasteiger partial charge in [0.1, 0.15) is 5.52 Å². The first kappa shape index (κ1) is 20.3. The molecule has 1 saturated carbocycles. The van der Waals surface area contributed by atoms with Crippen LogP contribution in [-0.4, -0.2) is 54.0 Å². The molecule has 0 unspecified atom stereocenters. The smallest absolute Gasteiger partial charge is 0.252 e. The molecule has 4 aromatic rings. The van der Waals surface area contributed by atoms with Crippen LogP contribution in [0.2, 0.25) is 0 Å². The summed E-state index contributed by atoms with van der Waals surface area (Å²) in [6, 6.07) is 5.89. The number of pyridine rings is 1. The number of aromatic nitrogens is 5. The van der Waals surface area contributed by atoms with Crippen LogP contribution < -0.4 is 15.8 Å². The van der Waals surface area contributed by atoms with E-state index < -0.39 is 11.5 Å². The Balaban J connectivity index is 1.51. The van der Waals surface area contributed by atoms with Gasteiger partial charge in [0.15, 0.2) is 0 Å². The molecule has 1 aliphatic carbocycles. The van der Waals surface area contributed by atoms with Gasteiger partial charge >= 0.3 is 0 Å². The molecule has 5 rings (SSSR count). The zero-order valence-corrected chi connectivity index (χ0v) is 17.9. The van der Waals surface area contributed by atoms with Gasteiger partial charge in [-0.05, 0) is 56.4 Å². The molecule has 1 amide bonds. The number of aliphatic hydroxyl groups is 1. The predicted molar refractivity (Wildman–Crippen MR) is 119 cm³/mol. The second kappa shape index (κ2) is 7.49. The van der Waals surface area contributed by atoms with Gasteiger partial charge in [0.2, 0.25) is 11.8 Å². The van der Waals surface area contributed by atoms with Crippen LogP contribution in [0, 0.1) is 0 Å². The molecule has 32 heavy (non-hydrogen) atoms. The molecule has 0 radical (unpaired) electrons. The quantitative estimate of drug-likeness (QED) is 0.438. The van der Waals surface area contributed by atoms with Crippen molar-refractivity contribution in [3.05, 3.63) is 42.4 Å². The van der Waals surface area contributed by atoms with E-state index in [1.165, 1.54) is 6.20 Å². The van der Waals surface area contributed by atoms with Crippen LogP contribution in [0.5, 0.6) is 5.88 Å². The minimum atomic E-state index is -0.596. The summed E-state index contributed by atoms with van der Waals surface area (Å²) in [4.78, 5) is 16.3. The molecular weight excluding hydrogens is 410 g/mol. The Labute approximate surface area is 184 Å². The van der Waals surface area contributed by atoms with Crippen LogP contribution in [0.4, 0.5) is 5.95 Å². The lowest BCUT2D eigenvalue weighted by atomic mass is 9.84. The summed E-state index contributed by atoms with van der Waals surface area (Å²) in [5.41, 5.74) is 8.31. The maximum atomic E-state index is 11.7. The van der Waals surface area contributed by atoms with Gasteiger partial charge in [0, 0.05) is 24.0 Å². The Hall–Kier alpha value is -3.66. The van der Waals surface area contributed by atoms with E-state index in [-0.39, 0.29) is 6.04 Å². The Morgan fingerprint density at radius 3 is 2.75 bits per heavy atom. The highest BCUT2D eigenvalue weighted by Gasteiger charge is 2.29. The number of primary amides is 1. The number of rotatable bonds is 5. The lowest BCUT2D eigenvalue weighted by molar-refractivity contribution is 0.0195. The third kappa shape index (κ3) is 3.52. The van der Waals surface area contributed by atoms with E-state index in [2.05, 4.69) is 20.5 Å². The summed E-state index contributed by atoms with van der Waals surface area (Å²) < 4.78 is 8.95. The van der Waals surface area contributed by atoms with E-state index in [9.17, 15) is 9.90 Å². The van der Waals surface area contributed by atoms with Gasteiger partial charge < -0.3 is 20.9 Å². The van der Waals surface area contributed by atoms with Crippen LogP contribution in [0.1, 0.15) is 43.0 Å². The van der Waals surface area contributed by atoms with Gasteiger partial charge in [0.25, 0.3) is 5.91 Å². The van der Waals surface area contributed by atoms with Gasteiger partial charge in [0.05, 0.1) is 30.0 Å². The van der Waals surface area contributed by atoms with Crippen molar-refractivity contribution in [2.75, 3.05) is 12.4 Å². The fourth-order valence-electron chi connectivity index (χ4n) is 4.33. The standard InChI is InChI=1S/C22H25N7O3/c1-22(31)7-3-14(4-8-22)25-21-26-20(32-2)18-15(6-10-29(18)27-21)13-5-9-28-17(11-13)16(12-24-28)19(23)30/h5-6,9-12,14,31H,3-4,7-8H2,1-2H3,(H2,23,30)(H,25,27). The Morgan fingerprint density at radius 2 is 2.03 bits per heavy atom. The summed E-state index contributed by atoms with van der Waals surface area (Å²) in [7, 11) is 1.58. The molecule has 10 heteroatoms. The van der Waals surface area contributed by atoms with Gasteiger partial charge in [-0.15, -0.1) is 5.10 Å². The van der Waals surface area contributed by atoms with Crippen molar-refractivity contribution in [1.29, 1.82) is 0 Å². The zero-order valence-electron chi connectivity index (χ0n) is 17.9. The Morgan fingerprint density at radius 1 is 1.28 bits per heavy atom. The number of hydrogen-bond donors (Lipinski definition) is 3. The minimum absolute atomic E-state index is 0.198. The molecule has 1 fully saturated rings. The molecule has 4 N–H and O–H groups in total. The monoisotopic (exact) mass is 435 g/mol. The number of carbonyl (C=O) groups is 1. The van der Waals surface area contributed by atoms with Crippen LogP contribution >= 0.6 is 0 Å². The number of methoxy groups -OCH3 is 1. The van der Waals surface area contributed by atoms with Gasteiger partial charge in [-0.2, -0.15) is 10.1 Å². The fraction of sp³-hybridized carbons (Fsp3) is 0.364. The minimum Gasteiger partial charge on any atom is -0.479 e. The molecule has 4 aromatic heterocycles.